The maximum absolute atomic E-state index is 11.8. The third-order valence-corrected chi connectivity index (χ3v) is 4.24. The van der Waals surface area contributed by atoms with E-state index in [1.54, 1.807) is 25.1 Å². The quantitative estimate of drug-likeness (QED) is 0.786. The Balaban J connectivity index is 3.00. The van der Waals surface area contributed by atoms with Crippen molar-refractivity contribution in [2.24, 2.45) is 0 Å². The summed E-state index contributed by atoms with van der Waals surface area (Å²) in [7, 11) is -1.91. The lowest BCUT2D eigenvalue weighted by Crippen LogP contribution is -2.21. The van der Waals surface area contributed by atoms with Gasteiger partial charge in [-0.15, -0.1) is 11.6 Å². The zero-order chi connectivity index (χ0) is 14.5. The van der Waals surface area contributed by atoms with Crippen molar-refractivity contribution in [2.75, 3.05) is 23.4 Å². The standard InChI is InChI=1S/C12H17ClN2O3S/c1-9-10(12(16)14-2)5-3-6-11(9)15-19(17,18)8-4-7-13/h3,5-6,15H,4,7-8H2,1-2H3,(H,14,16). The number of hydrogen-bond acceptors (Lipinski definition) is 3. The van der Waals surface area contributed by atoms with Crippen molar-refractivity contribution in [1.82, 2.24) is 5.32 Å². The molecule has 0 aliphatic carbocycles. The number of benzene rings is 1. The fourth-order valence-corrected chi connectivity index (χ4v) is 3.06. The molecule has 106 valence electrons. The smallest absolute Gasteiger partial charge is 0.251 e. The Morgan fingerprint density at radius 1 is 1.37 bits per heavy atom. The Labute approximate surface area is 118 Å². The lowest BCUT2D eigenvalue weighted by molar-refractivity contribution is 0.0962. The molecule has 0 saturated heterocycles. The molecule has 5 nitrogen and oxygen atoms in total. The van der Waals surface area contributed by atoms with E-state index in [4.69, 9.17) is 11.6 Å². The minimum absolute atomic E-state index is 0.0415. The van der Waals surface area contributed by atoms with E-state index in [2.05, 4.69) is 10.0 Å². The number of sulfonamides is 1. The summed E-state index contributed by atoms with van der Waals surface area (Å²) in [6.45, 7) is 1.70. The molecule has 0 bridgehead atoms. The molecule has 1 aromatic carbocycles. The molecule has 1 amide bonds. The van der Waals surface area contributed by atoms with Crippen LogP contribution in [0.3, 0.4) is 0 Å². The lowest BCUT2D eigenvalue weighted by Gasteiger charge is -2.12. The summed E-state index contributed by atoms with van der Waals surface area (Å²) in [4.78, 5) is 11.6. The predicted molar refractivity (Wildman–Crippen MR) is 77.3 cm³/mol. The topological polar surface area (TPSA) is 75.3 Å². The minimum atomic E-state index is -3.43. The van der Waals surface area contributed by atoms with Crippen LogP contribution < -0.4 is 10.0 Å². The number of hydrogen-bond donors (Lipinski definition) is 2. The van der Waals surface area contributed by atoms with Crippen LogP contribution in [0.25, 0.3) is 0 Å². The fraction of sp³-hybridized carbons (Fsp3) is 0.417. The van der Waals surface area contributed by atoms with Crippen molar-refractivity contribution in [3.63, 3.8) is 0 Å². The number of carbonyl (C=O) groups is 1. The normalized spacial score (nSPS) is 11.1. The van der Waals surface area contributed by atoms with Gasteiger partial charge in [0.15, 0.2) is 0 Å². The Hall–Kier alpha value is -1.27. The highest BCUT2D eigenvalue weighted by Crippen LogP contribution is 2.20. The van der Waals surface area contributed by atoms with Gasteiger partial charge < -0.3 is 5.32 Å². The van der Waals surface area contributed by atoms with Crippen LogP contribution in [-0.2, 0) is 10.0 Å². The van der Waals surface area contributed by atoms with E-state index in [9.17, 15) is 13.2 Å². The minimum Gasteiger partial charge on any atom is -0.355 e. The molecule has 7 heteroatoms. The third kappa shape index (κ3) is 4.40. The van der Waals surface area contributed by atoms with Crippen LogP contribution >= 0.6 is 11.6 Å². The van der Waals surface area contributed by atoms with E-state index in [1.807, 2.05) is 0 Å². The zero-order valence-electron chi connectivity index (χ0n) is 10.9. The van der Waals surface area contributed by atoms with Gasteiger partial charge in [-0.1, -0.05) is 6.07 Å². The highest BCUT2D eigenvalue weighted by atomic mass is 35.5. The van der Waals surface area contributed by atoms with Gasteiger partial charge in [-0.05, 0) is 31.0 Å². The molecule has 0 aromatic heterocycles. The molecular weight excluding hydrogens is 288 g/mol. The highest BCUT2D eigenvalue weighted by molar-refractivity contribution is 7.92. The maximum Gasteiger partial charge on any atom is 0.251 e. The van der Waals surface area contributed by atoms with Crippen LogP contribution in [0.4, 0.5) is 5.69 Å². The van der Waals surface area contributed by atoms with E-state index in [0.29, 0.717) is 23.2 Å². The second kappa shape index (κ2) is 6.77. The first kappa shape index (κ1) is 15.8. The number of carbonyl (C=O) groups excluding carboxylic acids is 1. The van der Waals surface area contributed by atoms with Gasteiger partial charge in [-0.3, -0.25) is 9.52 Å². The van der Waals surface area contributed by atoms with Crippen LogP contribution in [0.15, 0.2) is 18.2 Å². The molecule has 0 aliphatic heterocycles. The van der Waals surface area contributed by atoms with Gasteiger partial charge in [0.1, 0.15) is 0 Å². The summed E-state index contributed by atoms with van der Waals surface area (Å²) in [6.07, 6.45) is 0.380. The molecule has 1 rings (SSSR count). The molecule has 0 atom stereocenters. The van der Waals surface area contributed by atoms with Crippen LogP contribution in [0.1, 0.15) is 22.3 Å². The fourth-order valence-electron chi connectivity index (χ4n) is 1.59. The molecule has 1 aromatic rings. The number of amides is 1. The van der Waals surface area contributed by atoms with Crippen LogP contribution in [-0.4, -0.2) is 33.0 Å². The maximum atomic E-state index is 11.8. The molecule has 0 aliphatic rings. The second-order valence-corrected chi connectivity index (χ2v) is 6.24. The van der Waals surface area contributed by atoms with Gasteiger partial charge in [0, 0.05) is 18.5 Å². The van der Waals surface area contributed by atoms with Crippen molar-refractivity contribution >= 4 is 33.2 Å². The Bertz CT molecular complexity index is 558. The van der Waals surface area contributed by atoms with Gasteiger partial charge >= 0.3 is 0 Å². The lowest BCUT2D eigenvalue weighted by atomic mass is 10.1. The van der Waals surface area contributed by atoms with Gasteiger partial charge in [-0.25, -0.2) is 8.42 Å². The summed E-state index contributed by atoms with van der Waals surface area (Å²) in [5.41, 5.74) is 1.45. The molecule has 0 heterocycles. The first-order valence-electron chi connectivity index (χ1n) is 5.79. The predicted octanol–water partition coefficient (Wildman–Crippen LogP) is 1.73. The summed E-state index contributed by atoms with van der Waals surface area (Å²) in [5.74, 6) is -0.00231. The molecule has 0 saturated carbocycles. The number of anilines is 1. The van der Waals surface area contributed by atoms with E-state index >= 15 is 0 Å². The Morgan fingerprint density at radius 2 is 2.05 bits per heavy atom. The van der Waals surface area contributed by atoms with E-state index in [1.165, 1.54) is 7.05 Å². The molecule has 0 unspecified atom stereocenters. The van der Waals surface area contributed by atoms with E-state index < -0.39 is 10.0 Å². The van der Waals surface area contributed by atoms with Crippen molar-refractivity contribution in [1.29, 1.82) is 0 Å². The van der Waals surface area contributed by atoms with Gasteiger partial charge in [0.05, 0.1) is 11.4 Å². The average Bonchev–Trinajstić information content (AvgIpc) is 2.38. The average molecular weight is 305 g/mol. The largest absolute Gasteiger partial charge is 0.355 e. The van der Waals surface area contributed by atoms with Crippen LogP contribution in [0.5, 0.6) is 0 Å². The SMILES string of the molecule is CNC(=O)c1cccc(NS(=O)(=O)CCCCl)c1C. The van der Waals surface area contributed by atoms with Crippen molar-refractivity contribution in [3.8, 4) is 0 Å². The number of halogens is 1. The third-order valence-electron chi connectivity index (χ3n) is 2.62. The van der Waals surface area contributed by atoms with E-state index in [0.717, 1.165) is 0 Å². The Morgan fingerprint density at radius 3 is 2.63 bits per heavy atom. The molecule has 2 N–H and O–H groups in total. The van der Waals surface area contributed by atoms with Crippen LogP contribution in [0.2, 0.25) is 0 Å². The van der Waals surface area contributed by atoms with Crippen molar-refractivity contribution < 1.29 is 13.2 Å². The van der Waals surface area contributed by atoms with Gasteiger partial charge in [-0.2, -0.15) is 0 Å². The number of rotatable bonds is 6. The van der Waals surface area contributed by atoms with Gasteiger partial charge in [0.25, 0.3) is 5.91 Å². The van der Waals surface area contributed by atoms with Gasteiger partial charge in [0.2, 0.25) is 10.0 Å². The first-order valence-corrected chi connectivity index (χ1v) is 7.98. The first-order chi connectivity index (χ1) is 8.91. The van der Waals surface area contributed by atoms with Crippen molar-refractivity contribution in [3.05, 3.63) is 29.3 Å². The van der Waals surface area contributed by atoms with Crippen LogP contribution in [0, 0.1) is 6.92 Å². The highest BCUT2D eigenvalue weighted by Gasteiger charge is 2.15. The summed E-state index contributed by atoms with van der Waals surface area (Å²) in [5, 5.41) is 2.51. The number of alkyl halides is 1. The second-order valence-electron chi connectivity index (χ2n) is 4.02. The summed E-state index contributed by atoms with van der Waals surface area (Å²) in [6, 6.07) is 4.90. The molecule has 0 radical (unpaired) electrons. The van der Waals surface area contributed by atoms with Crippen molar-refractivity contribution in [2.45, 2.75) is 13.3 Å². The number of nitrogens with one attached hydrogen (secondary N) is 2. The summed E-state index contributed by atoms with van der Waals surface area (Å²) >= 11 is 5.48. The molecular formula is C12H17ClN2O3S. The Kier molecular flexibility index (Phi) is 5.62. The molecule has 0 fully saturated rings. The zero-order valence-corrected chi connectivity index (χ0v) is 12.4. The monoisotopic (exact) mass is 304 g/mol. The molecule has 0 spiro atoms. The molecule has 19 heavy (non-hydrogen) atoms. The summed E-state index contributed by atoms with van der Waals surface area (Å²) < 4.78 is 26.1. The van der Waals surface area contributed by atoms with E-state index in [-0.39, 0.29) is 17.5 Å².